The molecule has 12 heteroatoms. The van der Waals surface area contributed by atoms with Crippen molar-refractivity contribution in [2.45, 2.75) is 75.5 Å². The number of nitro groups is 1. The first kappa shape index (κ1) is 27.0. The van der Waals surface area contributed by atoms with E-state index in [2.05, 4.69) is 0 Å². The number of β-amino-alcohol motifs (C(OH)–C–C–N with tert-alkyl or cyclic N) is 1. The number of rotatable bonds is 6. The minimum Gasteiger partial charge on any atom is -0.444 e. The Hall–Kier alpha value is -2.57. The summed E-state index contributed by atoms with van der Waals surface area (Å²) in [5.41, 5.74) is -1.17. The Balaban J connectivity index is 1.71. The lowest BCUT2D eigenvalue weighted by Crippen LogP contribution is -2.52. The summed E-state index contributed by atoms with van der Waals surface area (Å²) in [5, 5.41) is 21.6. The van der Waals surface area contributed by atoms with E-state index in [-0.39, 0.29) is 37.5 Å². The van der Waals surface area contributed by atoms with Crippen molar-refractivity contribution in [1.82, 2.24) is 9.21 Å². The number of piperidine rings is 2. The number of benzene rings is 1. The Morgan fingerprint density at radius 1 is 1.14 bits per heavy atom. The molecule has 1 amide bonds. The van der Waals surface area contributed by atoms with Gasteiger partial charge in [0.25, 0.3) is 15.7 Å². The Morgan fingerprint density at radius 3 is 2.37 bits per heavy atom. The fraction of sp³-hybridized carbons (Fsp3) is 0.652. The van der Waals surface area contributed by atoms with Gasteiger partial charge < -0.3 is 14.7 Å². The molecule has 3 rings (SSSR count). The second-order valence-corrected chi connectivity index (χ2v) is 12.0. The van der Waals surface area contributed by atoms with Gasteiger partial charge in [0.2, 0.25) is 0 Å². The molecule has 2 aliphatic heterocycles. The van der Waals surface area contributed by atoms with Crippen LogP contribution in [0.25, 0.3) is 0 Å². The average Bonchev–Trinajstić information content (AvgIpc) is 2.78. The van der Waals surface area contributed by atoms with Crippen molar-refractivity contribution in [3.8, 4) is 0 Å². The van der Waals surface area contributed by atoms with Crippen LogP contribution >= 0.6 is 0 Å². The number of likely N-dealkylation sites (tertiary alicyclic amines) is 1. The molecular formula is C23H33N3O8S. The van der Waals surface area contributed by atoms with E-state index in [0.29, 0.717) is 25.9 Å². The first-order valence-corrected chi connectivity index (χ1v) is 13.2. The Kier molecular flexibility index (Phi) is 8.17. The van der Waals surface area contributed by atoms with Crippen molar-refractivity contribution in [2.24, 2.45) is 5.92 Å². The summed E-state index contributed by atoms with van der Waals surface area (Å²) < 4.78 is 33.1. The Bertz CT molecular complexity index is 1060. The molecule has 0 saturated carbocycles. The number of amides is 1. The number of nitro benzene ring substituents is 1. The van der Waals surface area contributed by atoms with Crippen molar-refractivity contribution in [2.75, 3.05) is 19.6 Å². The van der Waals surface area contributed by atoms with Gasteiger partial charge in [-0.15, -0.1) is 0 Å². The van der Waals surface area contributed by atoms with E-state index >= 15 is 0 Å². The van der Waals surface area contributed by atoms with Gasteiger partial charge in [0.1, 0.15) is 5.60 Å². The highest BCUT2D eigenvalue weighted by atomic mass is 32.2. The molecule has 0 radical (unpaired) electrons. The van der Waals surface area contributed by atoms with Gasteiger partial charge in [-0.05, 0) is 58.4 Å². The van der Waals surface area contributed by atoms with Crippen molar-refractivity contribution >= 4 is 27.6 Å². The summed E-state index contributed by atoms with van der Waals surface area (Å²) in [7, 11) is -4.40. The number of carbonyl (C=O) groups is 2. The zero-order chi connectivity index (χ0) is 26.0. The van der Waals surface area contributed by atoms with E-state index < -0.39 is 49.4 Å². The van der Waals surface area contributed by atoms with E-state index in [4.69, 9.17) is 4.74 Å². The summed E-state index contributed by atoms with van der Waals surface area (Å²) >= 11 is 0. The Labute approximate surface area is 205 Å². The lowest BCUT2D eigenvalue weighted by Gasteiger charge is -2.37. The molecular weight excluding hydrogens is 478 g/mol. The molecule has 0 aromatic heterocycles. The van der Waals surface area contributed by atoms with Crippen LogP contribution in [0.15, 0.2) is 29.2 Å². The number of hydrogen-bond donors (Lipinski definition) is 1. The van der Waals surface area contributed by atoms with E-state index in [1.54, 1.807) is 25.7 Å². The third kappa shape index (κ3) is 6.56. The van der Waals surface area contributed by atoms with Crippen LogP contribution in [-0.4, -0.2) is 76.9 Å². The first-order valence-electron chi connectivity index (χ1n) is 11.7. The number of para-hydroxylation sites is 1. The topological polar surface area (TPSA) is 147 Å². The third-order valence-corrected chi connectivity index (χ3v) is 8.21. The van der Waals surface area contributed by atoms with Gasteiger partial charge in [0, 0.05) is 32.1 Å². The molecule has 35 heavy (non-hydrogen) atoms. The molecule has 2 aliphatic rings. The molecule has 1 aromatic rings. The van der Waals surface area contributed by atoms with Crippen LogP contribution in [0.2, 0.25) is 0 Å². The minimum absolute atomic E-state index is 0.0244. The number of nitrogens with zero attached hydrogens (tertiary/aromatic N) is 3. The van der Waals surface area contributed by atoms with Gasteiger partial charge in [0.15, 0.2) is 10.7 Å². The monoisotopic (exact) mass is 511 g/mol. The number of aliphatic hydroxyl groups excluding tert-OH is 1. The summed E-state index contributed by atoms with van der Waals surface area (Å²) in [6.07, 6.45) is 0.326. The number of ketones is 1. The zero-order valence-corrected chi connectivity index (χ0v) is 21.1. The van der Waals surface area contributed by atoms with Gasteiger partial charge in [-0.25, -0.2) is 13.2 Å². The smallest absolute Gasteiger partial charge is 0.410 e. The fourth-order valence-electron chi connectivity index (χ4n) is 4.53. The van der Waals surface area contributed by atoms with Crippen molar-refractivity contribution in [3.05, 3.63) is 34.4 Å². The molecule has 1 N–H and O–H groups in total. The van der Waals surface area contributed by atoms with Crippen LogP contribution in [0, 0.1) is 16.0 Å². The van der Waals surface area contributed by atoms with Gasteiger partial charge in [-0.1, -0.05) is 12.1 Å². The number of sulfonamides is 1. The largest absolute Gasteiger partial charge is 0.444 e. The highest BCUT2D eigenvalue weighted by Crippen LogP contribution is 2.33. The highest BCUT2D eigenvalue weighted by molar-refractivity contribution is 7.89. The molecule has 2 heterocycles. The summed E-state index contributed by atoms with van der Waals surface area (Å²) in [6, 6.07) is 3.99. The SMILES string of the molecule is CC(C)(C)OC(=O)N1CCC(CC(=O)C2CC[C@H](O)CN2S(=O)(=O)c2ccccc2[N+](=O)[O-])CC1. The van der Waals surface area contributed by atoms with Crippen LogP contribution in [-0.2, 0) is 19.6 Å². The molecule has 0 aliphatic carbocycles. The summed E-state index contributed by atoms with van der Waals surface area (Å²) in [6.45, 7) is 5.95. The van der Waals surface area contributed by atoms with E-state index in [9.17, 15) is 33.2 Å². The number of carbonyl (C=O) groups excluding carboxylic acids is 2. The number of ether oxygens (including phenoxy) is 1. The molecule has 194 valence electrons. The van der Waals surface area contributed by atoms with Crippen molar-refractivity contribution in [1.29, 1.82) is 0 Å². The maximum atomic E-state index is 13.4. The highest BCUT2D eigenvalue weighted by Gasteiger charge is 2.43. The lowest BCUT2D eigenvalue weighted by molar-refractivity contribution is -0.387. The third-order valence-electron chi connectivity index (χ3n) is 6.29. The van der Waals surface area contributed by atoms with Gasteiger partial charge in [-0.3, -0.25) is 14.9 Å². The van der Waals surface area contributed by atoms with E-state index in [1.807, 2.05) is 0 Å². The second-order valence-electron chi connectivity index (χ2n) is 10.1. The number of Topliss-reactive ketones (excluding diaryl/α,β-unsaturated/α-hetero) is 1. The second kappa shape index (κ2) is 10.6. The van der Waals surface area contributed by atoms with Gasteiger partial charge in [0.05, 0.1) is 17.1 Å². The van der Waals surface area contributed by atoms with E-state index in [1.165, 1.54) is 12.1 Å². The predicted octanol–water partition coefficient (Wildman–Crippen LogP) is 2.72. The summed E-state index contributed by atoms with van der Waals surface area (Å²) in [4.78, 5) is 37.3. The van der Waals surface area contributed by atoms with Crippen molar-refractivity contribution in [3.63, 3.8) is 0 Å². The molecule has 2 saturated heterocycles. The number of hydrogen-bond acceptors (Lipinski definition) is 8. The minimum atomic E-state index is -4.40. The van der Waals surface area contributed by atoms with Crippen LogP contribution in [0.3, 0.4) is 0 Å². The lowest BCUT2D eigenvalue weighted by atomic mass is 9.88. The average molecular weight is 512 g/mol. The van der Waals surface area contributed by atoms with Crippen LogP contribution < -0.4 is 0 Å². The van der Waals surface area contributed by atoms with Crippen LogP contribution in [0.4, 0.5) is 10.5 Å². The van der Waals surface area contributed by atoms with Gasteiger partial charge in [-0.2, -0.15) is 4.31 Å². The molecule has 2 fully saturated rings. The molecule has 1 aromatic carbocycles. The molecule has 0 spiro atoms. The Morgan fingerprint density at radius 2 is 1.77 bits per heavy atom. The molecule has 11 nitrogen and oxygen atoms in total. The van der Waals surface area contributed by atoms with Gasteiger partial charge >= 0.3 is 6.09 Å². The maximum Gasteiger partial charge on any atom is 0.410 e. The summed E-state index contributed by atoms with van der Waals surface area (Å²) in [5.74, 6) is -0.307. The fourth-order valence-corrected chi connectivity index (χ4v) is 6.36. The standard InChI is InChI=1S/C23H33N3O8S/c1-23(2,3)34-22(29)24-12-10-16(11-13-24)14-20(28)18-9-8-17(27)15-25(18)35(32,33)21-7-5-4-6-19(21)26(30)31/h4-7,16-18,27H,8-15H2,1-3H3/t17-,18?/m0/s1. The normalized spacial score (nSPS) is 22.6. The first-order chi connectivity index (χ1) is 16.3. The molecule has 1 unspecified atom stereocenters. The van der Waals surface area contributed by atoms with Crippen LogP contribution in [0.1, 0.15) is 52.9 Å². The maximum absolute atomic E-state index is 13.4. The number of aliphatic hydroxyl groups is 1. The zero-order valence-electron chi connectivity index (χ0n) is 20.3. The van der Waals surface area contributed by atoms with Crippen LogP contribution in [0.5, 0.6) is 0 Å². The van der Waals surface area contributed by atoms with E-state index in [0.717, 1.165) is 16.4 Å². The predicted molar refractivity (Wildman–Crippen MR) is 126 cm³/mol. The molecule has 2 atom stereocenters. The molecule has 0 bridgehead atoms. The van der Waals surface area contributed by atoms with Crippen molar-refractivity contribution < 1.29 is 32.8 Å². The quantitative estimate of drug-likeness (QED) is 0.453.